The molecule has 1 aliphatic rings. The second kappa shape index (κ2) is 7.47. The second-order valence-electron chi connectivity index (χ2n) is 5.38. The van der Waals surface area contributed by atoms with Gasteiger partial charge < -0.3 is 10.1 Å². The fraction of sp³-hybridized carbons (Fsp3) is 0.167. The topological polar surface area (TPSA) is 38.3 Å². The maximum Gasteiger partial charge on any atom is 0.244 e. The summed E-state index contributed by atoms with van der Waals surface area (Å²) in [6.45, 7) is 0.548. The molecule has 1 unspecified atom stereocenters. The highest BCUT2D eigenvalue weighted by Crippen LogP contribution is 2.34. The Bertz CT molecular complexity index is 805. The largest absolute Gasteiger partial charge is 0.493 e. The number of rotatable bonds is 3. The molecule has 124 valence electrons. The van der Waals surface area contributed by atoms with E-state index in [0.717, 1.165) is 16.9 Å². The third-order valence-electron chi connectivity index (χ3n) is 3.70. The van der Waals surface area contributed by atoms with Gasteiger partial charge in [-0.25, -0.2) is 0 Å². The molecule has 0 aliphatic carbocycles. The monoisotopic (exact) mass is 381 g/mol. The van der Waals surface area contributed by atoms with E-state index in [-0.39, 0.29) is 11.9 Å². The third kappa shape index (κ3) is 4.04. The van der Waals surface area contributed by atoms with Crippen molar-refractivity contribution >= 4 is 46.8 Å². The van der Waals surface area contributed by atoms with Crippen molar-refractivity contribution in [3.63, 3.8) is 0 Å². The van der Waals surface area contributed by atoms with Gasteiger partial charge in [0.1, 0.15) is 5.75 Å². The van der Waals surface area contributed by atoms with Crippen LogP contribution in [-0.4, -0.2) is 12.5 Å². The molecule has 0 fully saturated rings. The molecule has 0 saturated heterocycles. The quantitative estimate of drug-likeness (QED) is 0.732. The van der Waals surface area contributed by atoms with Crippen LogP contribution in [0.4, 0.5) is 0 Å². The SMILES string of the molecule is O=C(/C=C/c1ccc(Cl)cc1Cl)NC1CCOc2ccc(Cl)cc21. The minimum Gasteiger partial charge on any atom is -0.493 e. The van der Waals surface area contributed by atoms with Gasteiger partial charge in [-0.3, -0.25) is 4.79 Å². The molecule has 0 spiro atoms. The smallest absolute Gasteiger partial charge is 0.244 e. The number of fused-ring (bicyclic) bond motifs is 1. The van der Waals surface area contributed by atoms with Crippen molar-refractivity contribution in [3.8, 4) is 5.75 Å². The van der Waals surface area contributed by atoms with Crippen LogP contribution in [0.25, 0.3) is 6.08 Å². The van der Waals surface area contributed by atoms with Crippen molar-refractivity contribution in [2.45, 2.75) is 12.5 Å². The summed E-state index contributed by atoms with van der Waals surface area (Å²) in [6.07, 6.45) is 3.80. The Morgan fingerprint density at radius 2 is 1.88 bits per heavy atom. The van der Waals surface area contributed by atoms with E-state index in [1.54, 1.807) is 30.3 Å². The number of ether oxygens (including phenoxy) is 1. The van der Waals surface area contributed by atoms with Crippen LogP contribution in [0.3, 0.4) is 0 Å². The second-order valence-corrected chi connectivity index (χ2v) is 6.66. The van der Waals surface area contributed by atoms with Gasteiger partial charge in [0, 0.05) is 33.1 Å². The van der Waals surface area contributed by atoms with E-state index in [9.17, 15) is 4.79 Å². The molecule has 3 rings (SSSR count). The fourth-order valence-corrected chi connectivity index (χ4v) is 3.19. The van der Waals surface area contributed by atoms with E-state index in [1.807, 2.05) is 12.1 Å². The standard InChI is InChI=1S/C18H14Cl3NO2/c19-12-4-5-17-14(9-12)16(7-8-24-17)22-18(23)6-2-11-1-3-13(20)10-15(11)21/h1-6,9-10,16H,7-8H2,(H,22,23)/b6-2+. The van der Waals surface area contributed by atoms with E-state index < -0.39 is 0 Å². The molecule has 1 atom stereocenters. The Kier molecular flexibility index (Phi) is 5.34. The molecule has 1 aliphatic heterocycles. The maximum absolute atomic E-state index is 12.2. The average Bonchev–Trinajstić information content (AvgIpc) is 2.54. The number of hydrogen-bond donors (Lipinski definition) is 1. The molecule has 1 heterocycles. The number of hydrogen-bond acceptors (Lipinski definition) is 2. The first-order valence-corrected chi connectivity index (χ1v) is 8.52. The molecule has 0 radical (unpaired) electrons. The minimum atomic E-state index is -0.209. The first-order valence-electron chi connectivity index (χ1n) is 7.39. The average molecular weight is 383 g/mol. The molecular formula is C18H14Cl3NO2. The highest BCUT2D eigenvalue weighted by atomic mass is 35.5. The summed E-state index contributed by atoms with van der Waals surface area (Å²) in [5.41, 5.74) is 1.62. The summed E-state index contributed by atoms with van der Waals surface area (Å²) >= 11 is 18.0. The van der Waals surface area contributed by atoms with Gasteiger partial charge in [0.2, 0.25) is 5.91 Å². The zero-order valence-electron chi connectivity index (χ0n) is 12.6. The van der Waals surface area contributed by atoms with Crippen LogP contribution in [0, 0.1) is 0 Å². The van der Waals surface area contributed by atoms with Crippen molar-refractivity contribution in [2.24, 2.45) is 0 Å². The predicted octanol–water partition coefficient (Wildman–Crippen LogP) is 5.30. The molecule has 2 aromatic rings. The Morgan fingerprint density at radius 1 is 1.12 bits per heavy atom. The van der Waals surface area contributed by atoms with Crippen LogP contribution in [0.5, 0.6) is 5.75 Å². The summed E-state index contributed by atoms with van der Waals surface area (Å²) < 4.78 is 5.59. The van der Waals surface area contributed by atoms with E-state index in [0.29, 0.717) is 28.1 Å². The van der Waals surface area contributed by atoms with E-state index >= 15 is 0 Å². The number of carbonyl (C=O) groups is 1. The zero-order chi connectivity index (χ0) is 17.1. The zero-order valence-corrected chi connectivity index (χ0v) is 14.8. The first kappa shape index (κ1) is 17.2. The summed E-state index contributed by atoms with van der Waals surface area (Å²) in [6, 6.07) is 10.4. The number of halogens is 3. The number of carbonyl (C=O) groups excluding carboxylic acids is 1. The van der Waals surface area contributed by atoms with Crippen molar-refractivity contribution in [2.75, 3.05) is 6.61 Å². The van der Waals surface area contributed by atoms with Gasteiger partial charge in [0.25, 0.3) is 0 Å². The van der Waals surface area contributed by atoms with Gasteiger partial charge in [-0.15, -0.1) is 0 Å². The van der Waals surface area contributed by atoms with Crippen LogP contribution in [0.1, 0.15) is 23.6 Å². The van der Waals surface area contributed by atoms with Crippen LogP contribution in [0.2, 0.25) is 15.1 Å². The fourth-order valence-electron chi connectivity index (χ4n) is 2.54. The number of amides is 1. The highest BCUT2D eigenvalue weighted by Gasteiger charge is 2.22. The Morgan fingerprint density at radius 3 is 2.67 bits per heavy atom. The molecule has 6 heteroatoms. The lowest BCUT2D eigenvalue weighted by atomic mass is 10.0. The molecule has 1 amide bonds. The van der Waals surface area contributed by atoms with Crippen molar-refractivity contribution in [1.82, 2.24) is 5.32 Å². The summed E-state index contributed by atoms with van der Waals surface area (Å²) in [5.74, 6) is 0.541. The van der Waals surface area contributed by atoms with Crippen molar-refractivity contribution in [1.29, 1.82) is 0 Å². The molecule has 0 saturated carbocycles. The van der Waals surface area contributed by atoms with Crippen LogP contribution in [-0.2, 0) is 4.79 Å². The van der Waals surface area contributed by atoms with Gasteiger partial charge >= 0.3 is 0 Å². The summed E-state index contributed by atoms with van der Waals surface area (Å²) in [4.78, 5) is 12.2. The van der Waals surface area contributed by atoms with Gasteiger partial charge in [-0.1, -0.05) is 40.9 Å². The van der Waals surface area contributed by atoms with E-state index in [4.69, 9.17) is 39.5 Å². The molecule has 0 bridgehead atoms. The Hall–Kier alpha value is -1.68. The van der Waals surface area contributed by atoms with Gasteiger partial charge in [0.15, 0.2) is 0 Å². The van der Waals surface area contributed by atoms with E-state index in [2.05, 4.69) is 5.32 Å². The molecule has 24 heavy (non-hydrogen) atoms. The van der Waals surface area contributed by atoms with E-state index in [1.165, 1.54) is 6.08 Å². The lowest BCUT2D eigenvalue weighted by molar-refractivity contribution is -0.117. The number of benzene rings is 2. The molecule has 2 aromatic carbocycles. The van der Waals surface area contributed by atoms with Gasteiger partial charge in [-0.2, -0.15) is 0 Å². The Balaban J connectivity index is 1.72. The first-order chi connectivity index (χ1) is 11.5. The Labute approximate surface area is 155 Å². The lowest BCUT2D eigenvalue weighted by Gasteiger charge is -2.26. The predicted molar refractivity (Wildman–Crippen MR) is 97.9 cm³/mol. The van der Waals surface area contributed by atoms with Gasteiger partial charge in [0.05, 0.1) is 12.6 Å². The summed E-state index contributed by atoms with van der Waals surface area (Å²) in [7, 11) is 0. The maximum atomic E-state index is 12.2. The van der Waals surface area contributed by atoms with Crippen LogP contribution < -0.4 is 10.1 Å². The molecule has 1 N–H and O–H groups in total. The van der Waals surface area contributed by atoms with Crippen LogP contribution in [0.15, 0.2) is 42.5 Å². The van der Waals surface area contributed by atoms with Crippen LogP contribution >= 0.6 is 34.8 Å². The molecular weight excluding hydrogens is 369 g/mol. The minimum absolute atomic E-state index is 0.134. The molecule has 0 aromatic heterocycles. The molecule has 3 nitrogen and oxygen atoms in total. The summed E-state index contributed by atoms with van der Waals surface area (Å²) in [5, 5.41) is 4.63. The third-order valence-corrected chi connectivity index (χ3v) is 4.50. The van der Waals surface area contributed by atoms with Crippen molar-refractivity contribution in [3.05, 3.63) is 68.7 Å². The van der Waals surface area contributed by atoms with Crippen molar-refractivity contribution < 1.29 is 9.53 Å². The number of nitrogens with one attached hydrogen (secondary N) is 1. The lowest BCUT2D eigenvalue weighted by Crippen LogP contribution is -2.30. The highest BCUT2D eigenvalue weighted by molar-refractivity contribution is 6.35. The van der Waals surface area contributed by atoms with Gasteiger partial charge in [-0.05, 0) is 42.0 Å². The normalized spacial score (nSPS) is 16.5.